The lowest BCUT2D eigenvalue weighted by Crippen LogP contribution is -2.20. The number of rotatable bonds is 2. The monoisotopic (exact) mass is 378 g/mol. The van der Waals surface area contributed by atoms with Gasteiger partial charge in [0.1, 0.15) is 0 Å². The van der Waals surface area contributed by atoms with Gasteiger partial charge in [0, 0.05) is 10.7 Å². The van der Waals surface area contributed by atoms with E-state index in [1.54, 1.807) is 18.2 Å². The van der Waals surface area contributed by atoms with Crippen LogP contribution in [0.3, 0.4) is 0 Å². The number of hydrogen-bond donors (Lipinski definition) is 2. The predicted octanol–water partition coefficient (Wildman–Crippen LogP) is 6.13. The molecule has 8 heteroatoms. The molecule has 0 aliphatic carbocycles. The maximum Gasteiger partial charge on any atom is 0.416 e. The molecule has 0 radical (unpaired) electrons. The summed E-state index contributed by atoms with van der Waals surface area (Å²) in [4.78, 5) is 0. The Bertz CT molecular complexity index is 748. The van der Waals surface area contributed by atoms with Gasteiger partial charge in [-0.3, -0.25) is 0 Å². The molecule has 0 saturated heterocycles. The van der Waals surface area contributed by atoms with E-state index in [9.17, 15) is 13.2 Å². The summed E-state index contributed by atoms with van der Waals surface area (Å²) in [6, 6.07) is 8.13. The third-order valence-electron chi connectivity index (χ3n) is 2.98. The van der Waals surface area contributed by atoms with Gasteiger partial charge in [-0.15, -0.1) is 0 Å². The summed E-state index contributed by atoms with van der Waals surface area (Å²) in [6.45, 7) is 1.83. The topological polar surface area (TPSA) is 24.1 Å². The lowest BCUT2D eigenvalue weighted by atomic mass is 10.2. The van der Waals surface area contributed by atoms with Gasteiger partial charge in [0.25, 0.3) is 0 Å². The van der Waals surface area contributed by atoms with E-state index in [-0.39, 0.29) is 15.8 Å². The molecule has 122 valence electrons. The first-order chi connectivity index (χ1) is 10.7. The van der Waals surface area contributed by atoms with Crippen molar-refractivity contribution in [3.63, 3.8) is 0 Å². The summed E-state index contributed by atoms with van der Waals surface area (Å²) in [5.41, 5.74) is 0.798. The number of aryl methyl sites for hydroxylation is 1. The fourth-order valence-electron chi connectivity index (χ4n) is 1.84. The lowest BCUT2D eigenvalue weighted by Gasteiger charge is -2.15. The highest BCUT2D eigenvalue weighted by molar-refractivity contribution is 7.80. The van der Waals surface area contributed by atoms with E-state index < -0.39 is 11.7 Å². The largest absolute Gasteiger partial charge is 0.416 e. The van der Waals surface area contributed by atoms with Gasteiger partial charge in [-0.2, -0.15) is 13.2 Å². The quantitative estimate of drug-likeness (QED) is 0.614. The molecule has 0 saturated carbocycles. The Kier molecular flexibility index (Phi) is 5.39. The summed E-state index contributed by atoms with van der Waals surface area (Å²) >= 11 is 16.9. The highest BCUT2D eigenvalue weighted by Crippen LogP contribution is 2.34. The molecule has 0 atom stereocenters. The van der Waals surface area contributed by atoms with Crippen LogP contribution in [0.25, 0.3) is 0 Å². The van der Waals surface area contributed by atoms with E-state index in [0.717, 1.165) is 17.7 Å². The fraction of sp³-hybridized carbons (Fsp3) is 0.133. The molecule has 0 fully saturated rings. The Morgan fingerprint density at radius 1 is 1.00 bits per heavy atom. The van der Waals surface area contributed by atoms with Crippen molar-refractivity contribution < 1.29 is 13.2 Å². The minimum Gasteiger partial charge on any atom is -0.332 e. The van der Waals surface area contributed by atoms with Gasteiger partial charge in [-0.05, 0) is 61.1 Å². The van der Waals surface area contributed by atoms with Gasteiger partial charge in [-0.25, -0.2) is 0 Å². The van der Waals surface area contributed by atoms with E-state index in [0.29, 0.717) is 10.7 Å². The summed E-state index contributed by atoms with van der Waals surface area (Å²) in [5.74, 6) is 0. The van der Waals surface area contributed by atoms with Crippen LogP contribution in [0.5, 0.6) is 0 Å². The highest BCUT2D eigenvalue weighted by Gasteiger charge is 2.31. The van der Waals surface area contributed by atoms with Crippen molar-refractivity contribution >= 4 is 51.9 Å². The first-order valence-electron chi connectivity index (χ1n) is 6.38. The SMILES string of the molecule is Cc1cc(Cl)ccc1NC(=S)Nc1cc(C(F)(F)F)ccc1Cl. The third-order valence-corrected chi connectivity index (χ3v) is 3.75. The zero-order valence-corrected chi connectivity index (χ0v) is 14.1. The molecule has 0 spiro atoms. The highest BCUT2D eigenvalue weighted by atomic mass is 35.5. The second-order valence-electron chi connectivity index (χ2n) is 4.73. The zero-order valence-electron chi connectivity index (χ0n) is 11.8. The average Bonchev–Trinajstić information content (AvgIpc) is 2.43. The van der Waals surface area contributed by atoms with E-state index in [4.69, 9.17) is 35.4 Å². The van der Waals surface area contributed by atoms with Crippen LogP contribution in [-0.4, -0.2) is 5.11 Å². The van der Waals surface area contributed by atoms with Crippen LogP contribution in [0, 0.1) is 6.92 Å². The number of thiocarbonyl (C=S) groups is 1. The third kappa shape index (κ3) is 4.73. The maximum atomic E-state index is 12.7. The Hall–Kier alpha value is -1.50. The predicted molar refractivity (Wildman–Crippen MR) is 92.5 cm³/mol. The summed E-state index contributed by atoms with van der Waals surface area (Å²) in [5, 5.41) is 6.39. The average molecular weight is 379 g/mol. The zero-order chi connectivity index (χ0) is 17.2. The van der Waals surface area contributed by atoms with Crippen molar-refractivity contribution in [1.29, 1.82) is 0 Å². The number of anilines is 2. The Balaban J connectivity index is 2.17. The van der Waals surface area contributed by atoms with Crippen LogP contribution in [0.4, 0.5) is 24.5 Å². The summed E-state index contributed by atoms with van der Waals surface area (Å²) in [6.07, 6.45) is -4.46. The molecule has 2 nitrogen and oxygen atoms in total. The Labute approximate surface area is 146 Å². The van der Waals surface area contributed by atoms with Gasteiger partial charge in [-0.1, -0.05) is 23.2 Å². The van der Waals surface area contributed by atoms with Crippen molar-refractivity contribution in [2.24, 2.45) is 0 Å². The molecule has 2 N–H and O–H groups in total. The van der Waals surface area contributed by atoms with Gasteiger partial charge in [0.05, 0.1) is 16.3 Å². The van der Waals surface area contributed by atoms with Crippen LogP contribution < -0.4 is 10.6 Å². The molecule has 0 heterocycles. The molecule has 0 aliphatic rings. The molecule has 0 bridgehead atoms. The van der Waals surface area contributed by atoms with E-state index in [2.05, 4.69) is 10.6 Å². The Morgan fingerprint density at radius 3 is 2.26 bits per heavy atom. The first kappa shape index (κ1) is 17.8. The smallest absolute Gasteiger partial charge is 0.332 e. The summed E-state index contributed by atoms with van der Waals surface area (Å²) < 4.78 is 38.2. The second-order valence-corrected chi connectivity index (χ2v) is 5.98. The first-order valence-corrected chi connectivity index (χ1v) is 7.54. The van der Waals surface area contributed by atoms with Crippen molar-refractivity contribution in [3.05, 3.63) is 57.6 Å². The maximum absolute atomic E-state index is 12.7. The number of alkyl halides is 3. The van der Waals surface area contributed by atoms with Crippen molar-refractivity contribution in [2.45, 2.75) is 13.1 Å². The molecule has 23 heavy (non-hydrogen) atoms. The molecule has 2 aromatic rings. The van der Waals surface area contributed by atoms with Gasteiger partial charge in [0.2, 0.25) is 0 Å². The van der Waals surface area contributed by atoms with Gasteiger partial charge >= 0.3 is 6.18 Å². The fourth-order valence-corrected chi connectivity index (χ4v) is 2.45. The second kappa shape index (κ2) is 6.95. The molecule has 0 unspecified atom stereocenters. The van der Waals surface area contributed by atoms with Crippen LogP contribution in [0.2, 0.25) is 10.0 Å². The lowest BCUT2D eigenvalue weighted by molar-refractivity contribution is -0.137. The van der Waals surface area contributed by atoms with Crippen LogP contribution >= 0.6 is 35.4 Å². The van der Waals surface area contributed by atoms with E-state index >= 15 is 0 Å². The Morgan fingerprint density at radius 2 is 1.65 bits per heavy atom. The standard InChI is InChI=1S/C15H11Cl2F3N2S/c1-8-6-10(16)3-5-12(8)21-14(23)22-13-7-9(15(18,19)20)2-4-11(13)17/h2-7H,1H3,(H2,21,22,23). The molecule has 0 amide bonds. The van der Waals surface area contributed by atoms with Gasteiger partial charge < -0.3 is 10.6 Å². The van der Waals surface area contributed by atoms with E-state index in [1.165, 1.54) is 6.07 Å². The number of benzene rings is 2. The van der Waals surface area contributed by atoms with E-state index in [1.807, 2.05) is 6.92 Å². The molecule has 2 aromatic carbocycles. The van der Waals surface area contributed by atoms with Crippen molar-refractivity contribution in [2.75, 3.05) is 10.6 Å². The molecular formula is C15H11Cl2F3N2S. The minimum atomic E-state index is -4.46. The molecular weight excluding hydrogens is 368 g/mol. The summed E-state index contributed by atoms with van der Waals surface area (Å²) in [7, 11) is 0. The van der Waals surface area contributed by atoms with Crippen LogP contribution in [-0.2, 0) is 6.18 Å². The number of hydrogen-bond acceptors (Lipinski definition) is 1. The number of halogens is 5. The molecule has 0 aliphatic heterocycles. The van der Waals surface area contributed by atoms with Crippen molar-refractivity contribution in [1.82, 2.24) is 0 Å². The van der Waals surface area contributed by atoms with Crippen molar-refractivity contribution in [3.8, 4) is 0 Å². The van der Waals surface area contributed by atoms with Gasteiger partial charge in [0.15, 0.2) is 5.11 Å². The molecule has 0 aromatic heterocycles. The number of nitrogens with one attached hydrogen (secondary N) is 2. The molecule has 2 rings (SSSR count). The van der Waals surface area contributed by atoms with Crippen LogP contribution in [0.1, 0.15) is 11.1 Å². The normalized spacial score (nSPS) is 11.2. The van der Waals surface area contributed by atoms with Crippen LogP contribution in [0.15, 0.2) is 36.4 Å². The minimum absolute atomic E-state index is 0.0746.